The lowest BCUT2D eigenvalue weighted by Crippen LogP contribution is -2.60. The zero-order chi connectivity index (χ0) is 44.8. The zero-order valence-electron chi connectivity index (χ0n) is 39.3. The molecule has 10 aromatic rings. The highest BCUT2D eigenvalue weighted by molar-refractivity contribution is 7.26. The van der Waals surface area contributed by atoms with E-state index in [1.807, 2.05) is 11.3 Å². The van der Waals surface area contributed by atoms with E-state index in [9.17, 15) is 0 Å². The molecule has 0 bridgehead atoms. The molecule has 14 rings (SSSR count). The molecule has 3 aromatic heterocycles. The van der Waals surface area contributed by atoms with Crippen molar-refractivity contribution in [3.8, 4) is 5.69 Å². The zero-order valence-corrected chi connectivity index (χ0v) is 40.1. The average molecular weight is 876 g/mol. The number of hydrogen-bond donors (Lipinski definition) is 0. The predicted molar refractivity (Wildman–Crippen MR) is 283 cm³/mol. The van der Waals surface area contributed by atoms with Crippen molar-refractivity contribution in [1.29, 1.82) is 0 Å². The van der Waals surface area contributed by atoms with E-state index in [1.54, 1.807) is 0 Å². The predicted octanol–water partition coefficient (Wildman–Crippen LogP) is 14.8. The first-order valence-corrected chi connectivity index (χ1v) is 25.0. The monoisotopic (exact) mass is 875 g/mol. The molecule has 7 aromatic carbocycles. The molecule has 2 atom stereocenters. The summed E-state index contributed by atoms with van der Waals surface area (Å²) in [6.07, 6.45) is 4.79. The number of para-hydroxylation sites is 2. The van der Waals surface area contributed by atoms with E-state index in [0.717, 1.165) is 34.0 Å². The second-order valence-electron chi connectivity index (χ2n) is 22.4. The number of thiophene rings is 1. The third kappa shape index (κ3) is 4.86. The van der Waals surface area contributed by atoms with E-state index in [0.29, 0.717) is 0 Å². The Hall–Kier alpha value is -6.24. The summed E-state index contributed by atoms with van der Waals surface area (Å²) in [5.41, 5.74) is 18.9. The van der Waals surface area contributed by atoms with E-state index in [4.69, 9.17) is 4.42 Å². The van der Waals surface area contributed by atoms with Gasteiger partial charge in [-0.3, -0.25) is 0 Å². The standard InChI is InChI=1S/C60H54BN3OS/c1-57(2,3)35-26-28-44-41(31-35)59(7)29-13-14-30-60(59,8)64(44)37-33-47-54-48(34-37)63-55-40(52-39-18-10-12-24-51(39)66-56(52)63)19-15-20-43(55)61(54)42-27-25-36(58(4,5)6)32-46(42)62(47)45-21-16-23-50-53(45)38-17-9-11-22-49(38)65-50/h9-12,15-28,31-34H,13-14,29-30H2,1-8H3. The third-order valence-corrected chi connectivity index (χ3v) is 18.0. The molecule has 6 heterocycles. The fraction of sp³-hybridized carbons (Fsp3) is 0.267. The first kappa shape index (κ1) is 39.0. The van der Waals surface area contributed by atoms with Crippen molar-refractivity contribution in [3.05, 3.63) is 150 Å². The largest absolute Gasteiger partial charge is 0.456 e. The van der Waals surface area contributed by atoms with Crippen LogP contribution in [-0.2, 0) is 16.2 Å². The summed E-state index contributed by atoms with van der Waals surface area (Å²) in [5.74, 6) is 0. The molecule has 1 fully saturated rings. The van der Waals surface area contributed by atoms with Gasteiger partial charge in [-0.15, -0.1) is 11.3 Å². The Balaban J connectivity index is 1.16. The fourth-order valence-corrected chi connectivity index (χ4v) is 14.5. The van der Waals surface area contributed by atoms with Gasteiger partial charge >= 0.3 is 0 Å². The van der Waals surface area contributed by atoms with Crippen LogP contribution in [0.25, 0.3) is 58.8 Å². The van der Waals surface area contributed by atoms with Gasteiger partial charge in [-0.2, -0.15) is 0 Å². The number of aromatic nitrogens is 1. The molecular weight excluding hydrogens is 822 g/mol. The summed E-state index contributed by atoms with van der Waals surface area (Å²) in [6, 6.07) is 51.5. The van der Waals surface area contributed by atoms with Crippen molar-refractivity contribution in [2.45, 2.75) is 103 Å². The molecule has 66 heavy (non-hydrogen) atoms. The Morgan fingerprint density at radius 2 is 1.27 bits per heavy atom. The highest BCUT2D eigenvalue weighted by atomic mass is 32.1. The van der Waals surface area contributed by atoms with Gasteiger partial charge in [0, 0.05) is 60.1 Å². The molecule has 1 saturated carbocycles. The Kier molecular flexibility index (Phi) is 7.56. The van der Waals surface area contributed by atoms with Crippen molar-refractivity contribution in [2.75, 3.05) is 9.80 Å². The van der Waals surface area contributed by atoms with Gasteiger partial charge in [0.15, 0.2) is 0 Å². The molecule has 0 saturated heterocycles. The van der Waals surface area contributed by atoms with Crippen LogP contribution in [0.3, 0.4) is 0 Å². The molecule has 0 N–H and O–H groups in total. The summed E-state index contributed by atoms with van der Waals surface area (Å²) in [6.45, 7) is 19.3. The second-order valence-corrected chi connectivity index (χ2v) is 23.5. The summed E-state index contributed by atoms with van der Waals surface area (Å²) in [7, 11) is 0. The molecule has 3 aliphatic heterocycles. The van der Waals surface area contributed by atoms with E-state index in [2.05, 4.69) is 203 Å². The van der Waals surface area contributed by atoms with Gasteiger partial charge in [-0.05, 0) is 112 Å². The van der Waals surface area contributed by atoms with Gasteiger partial charge < -0.3 is 18.8 Å². The lowest BCUT2D eigenvalue weighted by Gasteiger charge is -2.51. The molecule has 0 amide bonds. The maximum absolute atomic E-state index is 6.69. The van der Waals surface area contributed by atoms with Crippen LogP contribution in [0.2, 0.25) is 0 Å². The molecule has 6 heteroatoms. The fourth-order valence-electron chi connectivity index (χ4n) is 13.3. The van der Waals surface area contributed by atoms with Crippen LogP contribution in [0.1, 0.15) is 97.8 Å². The van der Waals surface area contributed by atoms with Gasteiger partial charge in [0.05, 0.1) is 22.1 Å². The van der Waals surface area contributed by atoms with Crippen molar-refractivity contribution in [1.82, 2.24) is 4.57 Å². The summed E-state index contributed by atoms with van der Waals surface area (Å²) < 4.78 is 10.7. The van der Waals surface area contributed by atoms with Crippen LogP contribution < -0.4 is 26.2 Å². The van der Waals surface area contributed by atoms with Gasteiger partial charge in [0.2, 0.25) is 0 Å². The van der Waals surface area contributed by atoms with E-state index < -0.39 is 0 Å². The van der Waals surface area contributed by atoms with E-state index in [-0.39, 0.29) is 28.5 Å². The van der Waals surface area contributed by atoms with Crippen molar-refractivity contribution < 1.29 is 4.42 Å². The third-order valence-electron chi connectivity index (χ3n) is 16.8. The summed E-state index contributed by atoms with van der Waals surface area (Å²) in [5, 5.41) is 6.34. The quantitative estimate of drug-likeness (QED) is 0.162. The van der Waals surface area contributed by atoms with Crippen LogP contribution >= 0.6 is 11.3 Å². The van der Waals surface area contributed by atoms with E-state index >= 15 is 0 Å². The minimum atomic E-state index is -0.131. The SMILES string of the molecule is CC(C)(C)c1ccc2c(c1)N(c1cccc3oc4ccccc4c13)c1cc(N3c4ccc(C(C)(C)C)cc4C4(C)CCCCC34C)cc3c1B2c1cccc2c4c5ccccc5sc4n-3c12. The van der Waals surface area contributed by atoms with Crippen molar-refractivity contribution >= 4 is 116 Å². The Bertz CT molecular complexity index is 3760. The highest BCUT2D eigenvalue weighted by Crippen LogP contribution is 2.62. The number of anilines is 5. The van der Waals surface area contributed by atoms with Gasteiger partial charge in [0.25, 0.3) is 6.71 Å². The number of furan rings is 1. The van der Waals surface area contributed by atoms with Gasteiger partial charge in [-0.25, -0.2) is 0 Å². The van der Waals surface area contributed by atoms with Crippen LogP contribution in [-0.4, -0.2) is 16.8 Å². The van der Waals surface area contributed by atoms with Crippen LogP contribution in [0.4, 0.5) is 28.4 Å². The smallest absolute Gasteiger partial charge is 0.252 e. The Morgan fingerprint density at radius 3 is 2.11 bits per heavy atom. The molecule has 4 aliphatic rings. The molecule has 324 valence electrons. The minimum Gasteiger partial charge on any atom is -0.456 e. The number of fused-ring (bicyclic) bond motifs is 15. The normalized spacial score (nSPS) is 19.9. The number of nitrogens with zero attached hydrogens (tertiary/aromatic N) is 3. The summed E-state index contributed by atoms with van der Waals surface area (Å²) >= 11 is 1.94. The van der Waals surface area contributed by atoms with Crippen molar-refractivity contribution in [3.63, 3.8) is 0 Å². The number of rotatable bonds is 2. The second kappa shape index (κ2) is 12.8. The molecular formula is C60H54BN3OS. The van der Waals surface area contributed by atoms with Crippen LogP contribution in [0.5, 0.6) is 0 Å². The van der Waals surface area contributed by atoms with E-state index in [1.165, 1.54) is 112 Å². The van der Waals surface area contributed by atoms with Crippen LogP contribution in [0, 0.1) is 0 Å². The molecule has 0 radical (unpaired) electrons. The maximum atomic E-state index is 6.69. The lowest BCUT2D eigenvalue weighted by atomic mass is 9.33. The topological polar surface area (TPSA) is 24.6 Å². The Morgan fingerprint density at radius 1 is 0.576 bits per heavy atom. The van der Waals surface area contributed by atoms with Crippen LogP contribution in [0.15, 0.2) is 138 Å². The maximum Gasteiger partial charge on any atom is 0.252 e. The first-order valence-electron chi connectivity index (χ1n) is 24.2. The van der Waals surface area contributed by atoms with Gasteiger partial charge in [0.1, 0.15) is 16.0 Å². The highest BCUT2D eigenvalue weighted by Gasteiger charge is 2.58. The van der Waals surface area contributed by atoms with Crippen molar-refractivity contribution in [2.24, 2.45) is 0 Å². The number of benzene rings is 7. The summed E-state index contributed by atoms with van der Waals surface area (Å²) in [4.78, 5) is 6.79. The molecule has 4 nitrogen and oxygen atoms in total. The molecule has 1 aliphatic carbocycles. The average Bonchev–Trinajstić information content (AvgIpc) is 4.02. The number of hydrogen-bond acceptors (Lipinski definition) is 4. The van der Waals surface area contributed by atoms with Gasteiger partial charge in [-0.1, -0.05) is 146 Å². The minimum absolute atomic E-state index is 0.0151. The Labute approximate surface area is 391 Å². The first-order chi connectivity index (χ1) is 31.7. The lowest BCUT2D eigenvalue weighted by molar-refractivity contribution is 0.195. The molecule has 0 spiro atoms. The molecule has 2 unspecified atom stereocenters.